The quantitative estimate of drug-likeness (QED) is 0.754. The van der Waals surface area contributed by atoms with Crippen LogP contribution in [-0.2, 0) is 4.74 Å². The smallest absolute Gasteiger partial charge is 0.0645 e. The topological polar surface area (TPSA) is 15.7 Å². The van der Waals surface area contributed by atoms with Gasteiger partial charge < -0.3 is 9.64 Å². The molecule has 18 heavy (non-hydrogen) atoms. The van der Waals surface area contributed by atoms with Crippen LogP contribution in [0.3, 0.4) is 0 Å². The number of rotatable bonds is 2. The maximum Gasteiger partial charge on any atom is 0.0645 e. The Kier molecular flexibility index (Phi) is 3.77. The third kappa shape index (κ3) is 2.51. The highest BCUT2D eigenvalue weighted by atomic mass is 127. The van der Waals surface area contributed by atoms with Crippen molar-refractivity contribution in [2.24, 2.45) is 0 Å². The van der Waals surface area contributed by atoms with Crippen molar-refractivity contribution >= 4 is 28.3 Å². The molecule has 3 rings (SSSR count). The number of hydrogen-bond donors (Lipinski definition) is 0. The Morgan fingerprint density at radius 1 is 1.17 bits per heavy atom. The summed E-state index contributed by atoms with van der Waals surface area (Å²) in [6.45, 7) is 7.61. The summed E-state index contributed by atoms with van der Waals surface area (Å²) in [6.07, 6.45) is 0. The lowest BCUT2D eigenvalue weighted by atomic mass is 10.1. The second kappa shape index (κ2) is 5.35. The van der Waals surface area contributed by atoms with Gasteiger partial charge in [0.15, 0.2) is 0 Å². The van der Waals surface area contributed by atoms with Gasteiger partial charge in [-0.15, -0.1) is 0 Å². The molecule has 1 atom stereocenters. The average Bonchev–Trinajstić information content (AvgIpc) is 2.29. The second-order valence-corrected chi connectivity index (χ2v) is 6.45. The fraction of sp³-hybridized carbons (Fsp3) is 0.571. The minimum Gasteiger partial charge on any atom is -0.378 e. The normalized spacial score (nSPS) is 26.1. The van der Waals surface area contributed by atoms with Gasteiger partial charge in [0.1, 0.15) is 0 Å². The molecule has 2 aliphatic heterocycles. The molecule has 0 amide bonds. The molecule has 0 N–H and O–H groups in total. The standard InChI is InChI=1S/C14H19IN2O/c1-11-8-16(14-9-18-10-14)6-7-17(11)13-4-2-12(15)3-5-13/h2-5,11,14H,6-10H2,1H3. The van der Waals surface area contributed by atoms with E-state index in [2.05, 4.69) is 63.6 Å². The van der Waals surface area contributed by atoms with Crippen LogP contribution in [0, 0.1) is 3.57 Å². The molecule has 0 spiro atoms. The lowest BCUT2D eigenvalue weighted by Crippen LogP contribution is -2.59. The molecular weight excluding hydrogens is 339 g/mol. The fourth-order valence-corrected chi connectivity index (χ4v) is 3.13. The molecule has 2 heterocycles. The summed E-state index contributed by atoms with van der Waals surface area (Å²) in [4.78, 5) is 5.10. The number of hydrogen-bond acceptors (Lipinski definition) is 3. The van der Waals surface area contributed by atoms with Crippen molar-refractivity contribution in [1.82, 2.24) is 4.90 Å². The first-order chi connectivity index (χ1) is 8.74. The first-order valence-corrected chi connectivity index (χ1v) is 7.66. The van der Waals surface area contributed by atoms with Crippen molar-refractivity contribution in [3.63, 3.8) is 0 Å². The van der Waals surface area contributed by atoms with Gasteiger partial charge in [0.05, 0.1) is 19.3 Å². The van der Waals surface area contributed by atoms with Gasteiger partial charge in [0.25, 0.3) is 0 Å². The van der Waals surface area contributed by atoms with Gasteiger partial charge in [-0.2, -0.15) is 0 Å². The number of halogens is 1. The molecule has 2 saturated heterocycles. The molecule has 0 bridgehead atoms. The number of ether oxygens (including phenoxy) is 1. The second-order valence-electron chi connectivity index (χ2n) is 5.21. The predicted octanol–water partition coefficient (Wildman–Crippen LogP) is 2.20. The average molecular weight is 358 g/mol. The van der Waals surface area contributed by atoms with Gasteiger partial charge in [-0.25, -0.2) is 0 Å². The van der Waals surface area contributed by atoms with Crippen molar-refractivity contribution in [2.45, 2.75) is 19.0 Å². The summed E-state index contributed by atoms with van der Waals surface area (Å²) >= 11 is 2.36. The van der Waals surface area contributed by atoms with E-state index in [1.54, 1.807) is 0 Å². The molecule has 2 aliphatic rings. The van der Waals surface area contributed by atoms with E-state index in [1.807, 2.05) is 0 Å². The first kappa shape index (κ1) is 12.7. The Balaban J connectivity index is 1.66. The maximum absolute atomic E-state index is 5.29. The van der Waals surface area contributed by atoms with Crippen molar-refractivity contribution in [3.8, 4) is 0 Å². The van der Waals surface area contributed by atoms with Crippen molar-refractivity contribution < 1.29 is 4.74 Å². The highest BCUT2D eigenvalue weighted by Gasteiger charge is 2.31. The lowest BCUT2D eigenvalue weighted by molar-refractivity contribution is -0.0691. The molecule has 4 heteroatoms. The largest absolute Gasteiger partial charge is 0.378 e. The van der Waals surface area contributed by atoms with E-state index >= 15 is 0 Å². The van der Waals surface area contributed by atoms with Crippen molar-refractivity contribution in [1.29, 1.82) is 0 Å². The zero-order chi connectivity index (χ0) is 12.5. The third-order valence-corrected chi connectivity index (χ3v) is 4.67. The molecule has 0 aliphatic carbocycles. The molecular formula is C14H19IN2O. The van der Waals surface area contributed by atoms with E-state index in [1.165, 1.54) is 9.26 Å². The number of nitrogens with zero attached hydrogens (tertiary/aromatic N) is 2. The van der Waals surface area contributed by atoms with E-state index < -0.39 is 0 Å². The Hall–Kier alpha value is -0.330. The van der Waals surface area contributed by atoms with Gasteiger partial charge in [-0.05, 0) is 53.8 Å². The number of piperazine rings is 1. The van der Waals surface area contributed by atoms with E-state index in [0.29, 0.717) is 12.1 Å². The van der Waals surface area contributed by atoms with Crippen LogP contribution in [-0.4, -0.2) is 49.8 Å². The van der Waals surface area contributed by atoms with Crippen LogP contribution in [0.1, 0.15) is 6.92 Å². The van der Waals surface area contributed by atoms with Gasteiger partial charge in [0, 0.05) is 34.9 Å². The third-order valence-electron chi connectivity index (χ3n) is 3.95. The summed E-state index contributed by atoms with van der Waals surface area (Å²) < 4.78 is 6.59. The van der Waals surface area contributed by atoms with Gasteiger partial charge >= 0.3 is 0 Å². The highest BCUT2D eigenvalue weighted by molar-refractivity contribution is 14.1. The Morgan fingerprint density at radius 3 is 2.44 bits per heavy atom. The Labute approximate surface area is 122 Å². The van der Waals surface area contributed by atoms with Crippen LogP contribution < -0.4 is 4.90 Å². The summed E-state index contributed by atoms with van der Waals surface area (Å²) in [5.74, 6) is 0. The SMILES string of the molecule is CC1CN(C2COC2)CCN1c1ccc(I)cc1. The summed E-state index contributed by atoms with van der Waals surface area (Å²) in [6, 6.07) is 10.1. The van der Waals surface area contributed by atoms with Gasteiger partial charge in [-0.3, -0.25) is 4.90 Å². The van der Waals surface area contributed by atoms with E-state index in [9.17, 15) is 0 Å². The molecule has 0 aromatic heterocycles. The van der Waals surface area contributed by atoms with Crippen LogP contribution in [0.25, 0.3) is 0 Å². The van der Waals surface area contributed by atoms with E-state index in [-0.39, 0.29) is 0 Å². The van der Waals surface area contributed by atoms with Crippen LogP contribution in [0.15, 0.2) is 24.3 Å². The van der Waals surface area contributed by atoms with Crippen LogP contribution in [0.5, 0.6) is 0 Å². The minimum atomic E-state index is 0.583. The fourth-order valence-electron chi connectivity index (χ4n) is 2.77. The van der Waals surface area contributed by atoms with Crippen molar-refractivity contribution in [3.05, 3.63) is 27.8 Å². The lowest BCUT2D eigenvalue weighted by Gasteiger charge is -2.46. The molecule has 1 unspecified atom stereocenters. The summed E-state index contributed by atoms with van der Waals surface area (Å²) in [5, 5.41) is 0. The Bertz CT molecular complexity index is 405. The Morgan fingerprint density at radius 2 is 1.89 bits per heavy atom. The zero-order valence-corrected chi connectivity index (χ0v) is 12.8. The molecule has 1 aromatic carbocycles. The van der Waals surface area contributed by atoms with E-state index in [0.717, 1.165) is 32.8 Å². The zero-order valence-electron chi connectivity index (χ0n) is 10.7. The maximum atomic E-state index is 5.29. The van der Waals surface area contributed by atoms with Crippen molar-refractivity contribution in [2.75, 3.05) is 37.7 Å². The van der Waals surface area contributed by atoms with Crippen LogP contribution >= 0.6 is 22.6 Å². The predicted molar refractivity (Wildman–Crippen MR) is 82.1 cm³/mol. The number of benzene rings is 1. The number of anilines is 1. The van der Waals surface area contributed by atoms with Crippen LogP contribution in [0.2, 0.25) is 0 Å². The van der Waals surface area contributed by atoms with Crippen LogP contribution in [0.4, 0.5) is 5.69 Å². The highest BCUT2D eigenvalue weighted by Crippen LogP contribution is 2.23. The molecule has 3 nitrogen and oxygen atoms in total. The minimum absolute atomic E-state index is 0.583. The molecule has 0 radical (unpaired) electrons. The van der Waals surface area contributed by atoms with Gasteiger partial charge in [0.2, 0.25) is 0 Å². The summed E-state index contributed by atoms with van der Waals surface area (Å²) in [5.41, 5.74) is 1.35. The monoisotopic (exact) mass is 358 g/mol. The molecule has 1 aromatic rings. The molecule has 2 fully saturated rings. The molecule has 0 saturated carbocycles. The molecule has 98 valence electrons. The summed E-state index contributed by atoms with van der Waals surface area (Å²) in [7, 11) is 0. The first-order valence-electron chi connectivity index (χ1n) is 6.58. The van der Waals surface area contributed by atoms with Gasteiger partial charge in [-0.1, -0.05) is 0 Å². The van der Waals surface area contributed by atoms with E-state index in [4.69, 9.17) is 4.74 Å².